The van der Waals surface area contributed by atoms with E-state index in [1.165, 1.54) is 7.11 Å². The Bertz CT molecular complexity index is 282. The van der Waals surface area contributed by atoms with Crippen molar-refractivity contribution in [2.75, 3.05) is 46.4 Å². The zero-order valence-electron chi connectivity index (χ0n) is 12.8. The van der Waals surface area contributed by atoms with Gasteiger partial charge < -0.3 is 20.3 Å². The van der Waals surface area contributed by atoms with E-state index >= 15 is 0 Å². The second kappa shape index (κ2) is 7.82. The number of carbonyl (C=O) groups is 1. The minimum atomic E-state index is -0.521. The Labute approximate surface area is 117 Å². The molecule has 1 fully saturated rings. The summed E-state index contributed by atoms with van der Waals surface area (Å²) in [6, 6.07) is 0. The molecular formula is C14H29N3O2. The quantitative estimate of drug-likeness (QED) is 0.659. The molecule has 1 aliphatic heterocycles. The third-order valence-corrected chi connectivity index (χ3v) is 4.30. The van der Waals surface area contributed by atoms with E-state index in [1.54, 1.807) is 0 Å². The van der Waals surface area contributed by atoms with Gasteiger partial charge in [0, 0.05) is 19.6 Å². The van der Waals surface area contributed by atoms with Gasteiger partial charge in [0.25, 0.3) is 0 Å². The molecule has 0 aromatic rings. The fourth-order valence-electron chi connectivity index (χ4n) is 2.82. The molecule has 2 unspecified atom stereocenters. The van der Waals surface area contributed by atoms with Gasteiger partial charge in [0.2, 0.25) is 0 Å². The largest absolute Gasteiger partial charge is 0.468 e. The van der Waals surface area contributed by atoms with Gasteiger partial charge in [-0.05, 0) is 32.0 Å². The van der Waals surface area contributed by atoms with Crippen LogP contribution in [0.5, 0.6) is 0 Å². The number of ether oxygens (including phenoxy) is 1. The lowest BCUT2D eigenvalue weighted by Gasteiger charge is -2.41. The Hall–Kier alpha value is -0.650. The van der Waals surface area contributed by atoms with Gasteiger partial charge in [0.15, 0.2) is 0 Å². The van der Waals surface area contributed by atoms with Crippen LogP contribution < -0.4 is 10.6 Å². The van der Waals surface area contributed by atoms with E-state index in [9.17, 15) is 4.79 Å². The first kappa shape index (κ1) is 16.4. The van der Waals surface area contributed by atoms with Gasteiger partial charge in [-0.15, -0.1) is 0 Å². The van der Waals surface area contributed by atoms with E-state index < -0.39 is 5.54 Å². The SMILES string of the molecule is CCN(CC)CCNC1(C(=O)OC)CCNCC1C. The number of likely N-dealkylation sites (N-methyl/N-ethyl adjacent to an activating group) is 1. The van der Waals surface area contributed by atoms with Crippen LogP contribution >= 0.6 is 0 Å². The number of nitrogens with zero attached hydrogens (tertiary/aromatic N) is 1. The summed E-state index contributed by atoms with van der Waals surface area (Å²) in [6.45, 7) is 12.0. The number of rotatable bonds is 7. The maximum absolute atomic E-state index is 12.2. The molecular weight excluding hydrogens is 242 g/mol. The summed E-state index contributed by atoms with van der Waals surface area (Å²) < 4.78 is 5.03. The van der Waals surface area contributed by atoms with E-state index in [2.05, 4.69) is 36.3 Å². The molecule has 0 amide bonds. The van der Waals surface area contributed by atoms with Crippen molar-refractivity contribution in [3.8, 4) is 0 Å². The summed E-state index contributed by atoms with van der Waals surface area (Å²) in [5, 5.41) is 6.81. The first-order chi connectivity index (χ1) is 9.10. The van der Waals surface area contributed by atoms with Gasteiger partial charge in [-0.2, -0.15) is 0 Å². The lowest BCUT2D eigenvalue weighted by Crippen LogP contribution is -2.64. The van der Waals surface area contributed by atoms with E-state index in [0.717, 1.165) is 45.7 Å². The second-order valence-corrected chi connectivity index (χ2v) is 5.27. The standard InChI is InChI=1S/C14H29N3O2/c1-5-17(6-2)10-9-16-14(13(18)19-4)7-8-15-11-12(14)3/h12,15-16H,5-11H2,1-4H3. The molecule has 1 heterocycles. The van der Waals surface area contributed by atoms with E-state index in [0.29, 0.717) is 0 Å². The van der Waals surface area contributed by atoms with Gasteiger partial charge in [-0.3, -0.25) is 4.79 Å². The topological polar surface area (TPSA) is 53.6 Å². The smallest absolute Gasteiger partial charge is 0.326 e. The third kappa shape index (κ3) is 3.91. The predicted molar refractivity (Wildman–Crippen MR) is 77.2 cm³/mol. The van der Waals surface area contributed by atoms with Crippen molar-refractivity contribution >= 4 is 5.97 Å². The number of hydrogen-bond acceptors (Lipinski definition) is 5. The van der Waals surface area contributed by atoms with Crippen molar-refractivity contribution in [3.63, 3.8) is 0 Å². The first-order valence-corrected chi connectivity index (χ1v) is 7.37. The molecule has 0 spiro atoms. The van der Waals surface area contributed by atoms with Crippen molar-refractivity contribution in [3.05, 3.63) is 0 Å². The average molecular weight is 271 g/mol. The maximum atomic E-state index is 12.2. The minimum absolute atomic E-state index is 0.124. The van der Waals surface area contributed by atoms with Crippen molar-refractivity contribution in [2.45, 2.75) is 32.7 Å². The molecule has 0 aromatic carbocycles. The van der Waals surface area contributed by atoms with Crippen LogP contribution in [0.4, 0.5) is 0 Å². The van der Waals surface area contributed by atoms with E-state index in [-0.39, 0.29) is 11.9 Å². The maximum Gasteiger partial charge on any atom is 0.326 e. The van der Waals surface area contributed by atoms with E-state index in [4.69, 9.17) is 4.74 Å². The Balaban J connectivity index is 2.62. The zero-order chi connectivity index (χ0) is 14.3. The Morgan fingerprint density at radius 2 is 2.16 bits per heavy atom. The molecule has 0 radical (unpaired) electrons. The van der Waals surface area contributed by atoms with Crippen molar-refractivity contribution in [1.29, 1.82) is 0 Å². The fourth-order valence-corrected chi connectivity index (χ4v) is 2.82. The van der Waals surface area contributed by atoms with Crippen molar-refractivity contribution in [2.24, 2.45) is 5.92 Å². The molecule has 1 saturated heterocycles. The van der Waals surface area contributed by atoms with Crippen LogP contribution in [-0.2, 0) is 9.53 Å². The Morgan fingerprint density at radius 1 is 1.47 bits per heavy atom. The lowest BCUT2D eigenvalue weighted by molar-refractivity contribution is -0.152. The highest BCUT2D eigenvalue weighted by molar-refractivity contribution is 5.81. The number of carbonyl (C=O) groups excluding carboxylic acids is 1. The number of nitrogens with one attached hydrogen (secondary N) is 2. The fraction of sp³-hybridized carbons (Fsp3) is 0.929. The summed E-state index contributed by atoms with van der Waals surface area (Å²) >= 11 is 0. The summed E-state index contributed by atoms with van der Waals surface area (Å²) in [6.07, 6.45) is 0.791. The van der Waals surface area contributed by atoms with Gasteiger partial charge >= 0.3 is 5.97 Å². The molecule has 112 valence electrons. The van der Waals surface area contributed by atoms with Gasteiger partial charge in [-0.25, -0.2) is 0 Å². The zero-order valence-corrected chi connectivity index (χ0v) is 12.8. The lowest BCUT2D eigenvalue weighted by atomic mass is 9.79. The normalized spacial score (nSPS) is 27.5. The number of methoxy groups -OCH3 is 1. The molecule has 5 nitrogen and oxygen atoms in total. The minimum Gasteiger partial charge on any atom is -0.468 e. The van der Waals surface area contributed by atoms with Crippen LogP contribution in [0.3, 0.4) is 0 Å². The number of piperidine rings is 1. The third-order valence-electron chi connectivity index (χ3n) is 4.30. The highest BCUT2D eigenvalue weighted by Crippen LogP contribution is 2.25. The van der Waals surface area contributed by atoms with Gasteiger partial charge in [0.1, 0.15) is 5.54 Å². The van der Waals surface area contributed by atoms with E-state index in [1.807, 2.05) is 0 Å². The van der Waals surface area contributed by atoms with Crippen molar-refractivity contribution in [1.82, 2.24) is 15.5 Å². The first-order valence-electron chi connectivity index (χ1n) is 7.37. The van der Waals surface area contributed by atoms with Crippen molar-refractivity contribution < 1.29 is 9.53 Å². The molecule has 5 heteroatoms. The molecule has 0 bridgehead atoms. The van der Waals surface area contributed by atoms with Crippen LogP contribution in [0.2, 0.25) is 0 Å². The molecule has 1 rings (SSSR count). The predicted octanol–water partition coefficient (Wildman–Crippen LogP) is 0.459. The summed E-state index contributed by atoms with van der Waals surface area (Å²) in [5.74, 6) is 0.117. The monoisotopic (exact) mass is 271 g/mol. The molecule has 1 aliphatic rings. The van der Waals surface area contributed by atoms with Crippen LogP contribution in [0.15, 0.2) is 0 Å². The molecule has 19 heavy (non-hydrogen) atoms. The molecule has 2 atom stereocenters. The summed E-state index contributed by atoms with van der Waals surface area (Å²) in [5.41, 5.74) is -0.521. The average Bonchev–Trinajstić information content (AvgIpc) is 2.44. The van der Waals surface area contributed by atoms with Crippen LogP contribution in [0, 0.1) is 5.92 Å². The van der Waals surface area contributed by atoms with Gasteiger partial charge in [0.05, 0.1) is 7.11 Å². The molecule has 0 aliphatic carbocycles. The number of hydrogen-bond donors (Lipinski definition) is 2. The Kier molecular flexibility index (Phi) is 6.75. The molecule has 0 aromatic heterocycles. The van der Waals surface area contributed by atoms with Crippen LogP contribution in [0.1, 0.15) is 27.2 Å². The second-order valence-electron chi connectivity index (χ2n) is 5.27. The van der Waals surface area contributed by atoms with Crippen LogP contribution in [0.25, 0.3) is 0 Å². The summed E-state index contributed by atoms with van der Waals surface area (Å²) in [4.78, 5) is 14.5. The highest BCUT2D eigenvalue weighted by atomic mass is 16.5. The number of esters is 1. The summed E-state index contributed by atoms with van der Waals surface area (Å²) in [7, 11) is 1.48. The van der Waals surface area contributed by atoms with Gasteiger partial charge in [-0.1, -0.05) is 20.8 Å². The Morgan fingerprint density at radius 3 is 2.68 bits per heavy atom. The highest BCUT2D eigenvalue weighted by Gasteiger charge is 2.45. The molecule has 2 N–H and O–H groups in total. The molecule has 0 saturated carbocycles. The van der Waals surface area contributed by atoms with Crippen LogP contribution in [-0.4, -0.2) is 62.8 Å².